The third-order valence-electron chi connectivity index (χ3n) is 1.81. The summed E-state index contributed by atoms with van der Waals surface area (Å²) >= 11 is 0. The molecule has 0 saturated heterocycles. The van der Waals surface area contributed by atoms with E-state index in [2.05, 4.69) is 0 Å². The van der Waals surface area contributed by atoms with E-state index in [1.54, 1.807) is 0 Å². The first-order chi connectivity index (χ1) is 7.53. The molecular weight excluding hydrogens is 259 g/mol. The van der Waals surface area contributed by atoms with E-state index < -0.39 is 37.1 Å². The Balaban J connectivity index is 5.75. The van der Waals surface area contributed by atoms with E-state index in [0.717, 1.165) is 0 Å². The predicted octanol–water partition coefficient (Wildman–Crippen LogP) is -0.897. The summed E-state index contributed by atoms with van der Waals surface area (Å²) in [6.45, 7) is 0. The molecular formula is C7H9O9P. The average Bonchev–Trinajstić information content (AvgIpc) is 2.08. The van der Waals surface area contributed by atoms with E-state index in [9.17, 15) is 18.9 Å². The Morgan fingerprint density at radius 2 is 1.59 bits per heavy atom. The van der Waals surface area contributed by atoms with Gasteiger partial charge >= 0.3 is 25.5 Å². The molecule has 0 fully saturated rings. The lowest BCUT2D eigenvalue weighted by molar-refractivity contribution is -0.145. The van der Waals surface area contributed by atoms with E-state index >= 15 is 0 Å². The Kier molecular flexibility index (Phi) is 4.58. The van der Waals surface area contributed by atoms with Crippen LogP contribution in [0.1, 0.15) is 6.42 Å². The number of rotatable bonds is 6. The van der Waals surface area contributed by atoms with Crippen molar-refractivity contribution < 1.29 is 44.1 Å². The van der Waals surface area contributed by atoms with E-state index in [1.807, 2.05) is 0 Å². The second-order valence-corrected chi connectivity index (χ2v) is 4.90. The first-order valence-electron chi connectivity index (χ1n) is 3.96. The second-order valence-electron chi connectivity index (χ2n) is 3.02. The summed E-state index contributed by atoms with van der Waals surface area (Å²) in [5.74, 6) is -5.56. The first kappa shape index (κ1) is 15.3. The zero-order chi connectivity index (χ0) is 13.9. The van der Waals surface area contributed by atoms with Gasteiger partial charge < -0.3 is 25.1 Å². The molecule has 0 spiro atoms. The van der Waals surface area contributed by atoms with Crippen molar-refractivity contribution in [1.29, 1.82) is 0 Å². The normalized spacial score (nSPS) is 15.4. The van der Waals surface area contributed by atoms with Gasteiger partial charge in [-0.15, -0.1) is 0 Å². The summed E-state index contributed by atoms with van der Waals surface area (Å²) in [7, 11) is -5.40. The Morgan fingerprint density at radius 3 is 1.82 bits per heavy atom. The van der Waals surface area contributed by atoms with Crippen LogP contribution in [0.4, 0.5) is 0 Å². The molecule has 0 aromatic carbocycles. The number of aliphatic carboxylic acids is 3. The Bertz CT molecular complexity index is 419. The van der Waals surface area contributed by atoms with Gasteiger partial charge in [0.25, 0.3) is 0 Å². The molecule has 1 unspecified atom stereocenters. The van der Waals surface area contributed by atoms with Gasteiger partial charge in [-0.1, -0.05) is 0 Å². The van der Waals surface area contributed by atoms with Crippen molar-refractivity contribution >= 4 is 25.5 Å². The quantitative estimate of drug-likeness (QED) is 0.302. The molecule has 0 aromatic heterocycles. The summed E-state index contributed by atoms with van der Waals surface area (Å²) in [6.07, 6.45) is -1.08. The van der Waals surface area contributed by atoms with Crippen LogP contribution >= 0.6 is 7.60 Å². The monoisotopic (exact) mass is 268 g/mol. The van der Waals surface area contributed by atoms with Crippen LogP contribution in [0.2, 0.25) is 0 Å². The molecule has 0 bridgehead atoms. The van der Waals surface area contributed by atoms with Gasteiger partial charge in [-0.2, -0.15) is 0 Å². The number of hydrogen-bond acceptors (Lipinski definition) is 4. The van der Waals surface area contributed by atoms with Crippen LogP contribution < -0.4 is 0 Å². The Hall–Kier alpha value is -1.70. The maximum atomic E-state index is 11.0. The summed E-state index contributed by atoms with van der Waals surface area (Å²) in [5, 5.41) is 22.4. The minimum Gasteiger partial charge on any atom is -0.481 e. The minimum atomic E-state index is -5.40. The molecule has 96 valence electrons. The molecule has 9 nitrogen and oxygen atoms in total. The zero-order valence-corrected chi connectivity index (χ0v) is 9.07. The summed E-state index contributed by atoms with van der Waals surface area (Å²) in [4.78, 5) is 49.2. The van der Waals surface area contributed by atoms with Gasteiger partial charge in [0.1, 0.15) is 0 Å². The van der Waals surface area contributed by atoms with Crippen LogP contribution in [0, 0.1) is 0 Å². The average molecular weight is 268 g/mol. The highest BCUT2D eigenvalue weighted by Crippen LogP contribution is 2.53. The molecule has 0 aromatic rings. The van der Waals surface area contributed by atoms with E-state index in [4.69, 9.17) is 25.1 Å². The summed E-state index contributed by atoms with van der Waals surface area (Å²) < 4.78 is 11.0. The van der Waals surface area contributed by atoms with Crippen molar-refractivity contribution in [3.8, 4) is 0 Å². The third kappa shape index (κ3) is 3.66. The number of carbonyl (C=O) groups is 3. The second kappa shape index (κ2) is 5.09. The van der Waals surface area contributed by atoms with Gasteiger partial charge in [0.2, 0.25) is 0 Å². The minimum absolute atomic E-state index is 0.173. The highest BCUT2D eigenvalue weighted by molar-refractivity contribution is 7.55. The fourth-order valence-corrected chi connectivity index (χ4v) is 1.83. The molecule has 10 heteroatoms. The predicted molar refractivity (Wildman–Crippen MR) is 51.4 cm³/mol. The van der Waals surface area contributed by atoms with Gasteiger partial charge in [-0.25, -0.2) is 4.79 Å². The van der Waals surface area contributed by atoms with Gasteiger partial charge in [-0.3, -0.25) is 14.2 Å². The smallest absolute Gasteiger partial charge is 0.347 e. The van der Waals surface area contributed by atoms with Gasteiger partial charge in [-0.05, 0) is 6.08 Å². The van der Waals surface area contributed by atoms with Gasteiger partial charge in [0.05, 0.1) is 6.42 Å². The molecule has 0 aliphatic carbocycles. The molecule has 0 heterocycles. The van der Waals surface area contributed by atoms with E-state index in [1.165, 1.54) is 0 Å². The maximum Gasteiger partial charge on any atom is 0.347 e. The molecule has 17 heavy (non-hydrogen) atoms. The van der Waals surface area contributed by atoms with Crippen molar-refractivity contribution in [1.82, 2.24) is 0 Å². The van der Waals surface area contributed by atoms with Crippen LogP contribution in [0.5, 0.6) is 0 Å². The van der Waals surface area contributed by atoms with Gasteiger partial charge in [0.15, 0.2) is 5.16 Å². The number of hydrogen-bond donors (Lipinski definition) is 5. The van der Waals surface area contributed by atoms with Crippen LogP contribution in [0.25, 0.3) is 0 Å². The van der Waals surface area contributed by atoms with Crippen molar-refractivity contribution in [3.05, 3.63) is 12.2 Å². The lowest BCUT2D eigenvalue weighted by Crippen LogP contribution is -2.39. The molecule has 1 atom stereocenters. The number of carboxylic acid groups (broad SMARTS) is 3. The fraction of sp³-hybridized carbons (Fsp3) is 0.286. The van der Waals surface area contributed by atoms with Crippen molar-refractivity contribution in [2.75, 3.05) is 0 Å². The molecule has 0 aliphatic heterocycles. The molecule has 0 saturated carbocycles. The Labute approximate surface area is 94.2 Å². The first-order valence-corrected chi connectivity index (χ1v) is 5.57. The van der Waals surface area contributed by atoms with E-state index in [-0.39, 0.29) is 12.2 Å². The number of carboxylic acids is 3. The molecule has 0 radical (unpaired) electrons. The topological polar surface area (TPSA) is 169 Å². The van der Waals surface area contributed by atoms with Crippen LogP contribution in [0.3, 0.4) is 0 Å². The molecule has 0 aliphatic rings. The lowest BCUT2D eigenvalue weighted by Gasteiger charge is -2.24. The van der Waals surface area contributed by atoms with Crippen LogP contribution in [0.15, 0.2) is 12.2 Å². The molecule has 0 amide bonds. The van der Waals surface area contributed by atoms with Crippen LogP contribution in [-0.4, -0.2) is 48.2 Å². The Morgan fingerprint density at radius 1 is 1.12 bits per heavy atom. The summed E-state index contributed by atoms with van der Waals surface area (Å²) in [6, 6.07) is 0. The lowest BCUT2D eigenvalue weighted by atomic mass is 10.0. The molecule has 5 N–H and O–H groups in total. The molecule has 0 rings (SSSR count). The SMILES string of the molecule is O=C(O)C=CC(CC(=O)O)(C(=O)O)P(=O)(O)O. The largest absolute Gasteiger partial charge is 0.481 e. The van der Waals surface area contributed by atoms with Gasteiger partial charge in [0, 0.05) is 6.08 Å². The highest BCUT2D eigenvalue weighted by Gasteiger charge is 2.53. The van der Waals surface area contributed by atoms with Crippen molar-refractivity contribution in [2.24, 2.45) is 0 Å². The third-order valence-corrected chi connectivity index (χ3v) is 3.35. The zero-order valence-electron chi connectivity index (χ0n) is 8.18. The van der Waals surface area contributed by atoms with Crippen molar-refractivity contribution in [2.45, 2.75) is 11.6 Å². The fourth-order valence-electron chi connectivity index (χ4n) is 0.970. The highest BCUT2D eigenvalue weighted by atomic mass is 31.2. The maximum absolute atomic E-state index is 11.0. The standard InChI is InChI=1S/C7H9O9P/c8-4(9)1-2-7(6(12)13,3-5(10)11)17(14,15)16/h1-2H,3H2,(H,8,9)(H,10,11)(H,12,13)(H2,14,15,16). The van der Waals surface area contributed by atoms with E-state index in [0.29, 0.717) is 0 Å². The summed E-state index contributed by atoms with van der Waals surface area (Å²) in [5.41, 5.74) is 0. The van der Waals surface area contributed by atoms with Crippen LogP contribution in [-0.2, 0) is 18.9 Å². The van der Waals surface area contributed by atoms with Crippen molar-refractivity contribution in [3.63, 3.8) is 0 Å².